The van der Waals surface area contributed by atoms with Crippen LogP contribution in [0.5, 0.6) is 5.75 Å². The number of nitrogens with two attached hydrogens (primary N) is 1. The van der Waals surface area contributed by atoms with Crippen molar-refractivity contribution in [2.45, 2.75) is 25.4 Å². The second-order valence-corrected chi connectivity index (χ2v) is 6.10. The summed E-state index contributed by atoms with van der Waals surface area (Å²) in [6, 6.07) is 2.40. The molecular weight excluding hydrogens is 258 g/mol. The van der Waals surface area contributed by atoms with Crippen molar-refractivity contribution in [1.29, 1.82) is 0 Å². The summed E-state index contributed by atoms with van der Waals surface area (Å²) in [7, 11) is 2.15. The minimum absolute atomic E-state index is 0.00419. The van der Waals surface area contributed by atoms with Gasteiger partial charge in [-0.1, -0.05) is 6.92 Å². The minimum Gasteiger partial charge on any atom is -0.492 e. The Labute approximate surface area is 119 Å². The molecule has 1 aliphatic rings. The molecule has 0 saturated carbocycles. The van der Waals surface area contributed by atoms with E-state index in [1.807, 2.05) is 24.0 Å². The number of rotatable bonds is 5. The first kappa shape index (κ1) is 14.6. The van der Waals surface area contributed by atoms with Crippen molar-refractivity contribution in [3.05, 3.63) is 24.0 Å². The summed E-state index contributed by atoms with van der Waals surface area (Å²) < 4.78 is 5.62. The summed E-state index contributed by atoms with van der Waals surface area (Å²) in [5.41, 5.74) is 7.47. The van der Waals surface area contributed by atoms with Crippen LogP contribution in [0.3, 0.4) is 0 Å². The van der Waals surface area contributed by atoms with E-state index in [-0.39, 0.29) is 6.04 Å². The van der Waals surface area contributed by atoms with Crippen molar-refractivity contribution in [3.8, 4) is 5.75 Å². The summed E-state index contributed by atoms with van der Waals surface area (Å²) in [5.74, 6) is 3.09. The number of pyridine rings is 1. The molecule has 1 saturated heterocycles. The molecule has 2 unspecified atom stereocenters. The average molecular weight is 281 g/mol. The molecule has 0 spiro atoms. The summed E-state index contributed by atoms with van der Waals surface area (Å²) in [4.78, 5) is 6.60. The fourth-order valence-corrected chi connectivity index (χ4v) is 3.51. The fraction of sp³-hybridized carbons (Fsp3) is 0.643. The number of nitrogens with zero attached hydrogens (tertiary/aromatic N) is 2. The Morgan fingerprint density at radius 3 is 3.16 bits per heavy atom. The van der Waals surface area contributed by atoms with Gasteiger partial charge in [-0.05, 0) is 25.1 Å². The lowest BCUT2D eigenvalue weighted by Gasteiger charge is -2.36. The summed E-state index contributed by atoms with van der Waals surface area (Å²) >= 11 is 1.97. The maximum Gasteiger partial charge on any atom is 0.137 e. The van der Waals surface area contributed by atoms with Crippen molar-refractivity contribution in [2.24, 2.45) is 5.73 Å². The highest BCUT2D eigenvalue weighted by Gasteiger charge is 2.26. The molecule has 1 aromatic rings. The highest BCUT2D eigenvalue weighted by atomic mass is 32.2. The van der Waals surface area contributed by atoms with Crippen LogP contribution < -0.4 is 10.5 Å². The Morgan fingerprint density at radius 1 is 1.58 bits per heavy atom. The second kappa shape index (κ2) is 7.12. The number of hydrogen-bond donors (Lipinski definition) is 1. The highest BCUT2D eigenvalue weighted by Crippen LogP contribution is 2.26. The van der Waals surface area contributed by atoms with Gasteiger partial charge in [0.25, 0.3) is 0 Å². The topological polar surface area (TPSA) is 51.4 Å². The van der Waals surface area contributed by atoms with Gasteiger partial charge in [-0.15, -0.1) is 0 Å². The first-order valence-corrected chi connectivity index (χ1v) is 7.99. The molecule has 4 nitrogen and oxygen atoms in total. The van der Waals surface area contributed by atoms with Crippen molar-refractivity contribution < 1.29 is 4.74 Å². The zero-order valence-corrected chi connectivity index (χ0v) is 12.5. The molecule has 2 atom stereocenters. The van der Waals surface area contributed by atoms with Gasteiger partial charge >= 0.3 is 0 Å². The van der Waals surface area contributed by atoms with Gasteiger partial charge in [-0.25, -0.2) is 0 Å². The third-order valence-corrected chi connectivity index (χ3v) is 4.50. The van der Waals surface area contributed by atoms with Crippen LogP contribution >= 0.6 is 11.8 Å². The van der Waals surface area contributed by atoms with E-state index < -0.39 is 0 Å². The molecule has 0 bridgehead atoms. The molecular formula is C14H23N3OS. The molecule has 19 heavy (non-hydrogen) atoms. The Balaban J connectivity index is 2.07. The van der Waals surface area contributed by atoms with E-state index in [4.69, 9.17) is 10.5 Å². The Kier molecular flexibility index (Phi) is 5.48. The summed E-state index contributed by atoms with van der Waals surface area (Å²) in [6.07, 6.45) is 4.61. The number of aromatic nitrogens is 1. The van der Waals surface area contributed by atoms with Gasteiger partial charge in [-0.2, -0.15) is 11.8 Å². The summed E-state index contributed by atoms with van der Waals surface area (Å²) in [6.45, 7) is 3.92. The Hall–Kier alpha value is -0.780. The van der Waals surface area contributed by atoms with E-state index in [0.717, 1.165) is 36.6 Å². The molecule has 2 rings (SSSR count). The second-order valence-electron chi connectivity index (χ2n) is 4.95. The van der Waals surface area contributed by atoms with Gasteiger partial charge in [0.1, 0.15) is 5.75 Å². The molecule has 1 fully saturated rings. The molecule has 0 radical (unpaired) electrons. The van der Waals surface area contributed by atoms with Crippen LogP contribution in [0.1, 0.15) is 24.9 Å². The Morgan fingerprint density at radius 2 is 2.42 bits per heavy atom. The van der Waals surface area contributed by atoms with E-state index in [1.54, 1.807) is 6.20 Å². The van der Waals surface area contributed by atoms with Crippen LogP contribution in [0.25, 0.3) is 0 Å². The lowest BCUT2D eigenvalue weighted by Crippen LogP contribution is -2.46. The maximum atomic E-state index is 6.41. The molecule has 1 aromatic heterocycles. The predicted octanol–water partition coefficient (Wildman–Crippen LogP) is 1.92. The predicted molar refractivity (Wildman–Crippen MR) is 80.7 cm³/mol. The lowest BCUT2D eigenvalue weighted by atomic mass is 10.0. The van der Waals surface area contributed by atoms with Crippen LogP contribution in [0.15, 0.2) is 18.5 Å². The van der Waals surface area contributed by atoms with Crippen molar-refractivity contribution in [1.82, 2.24) is 9.88 Å². The van der Waals surface area contributed by atoms with Crippen LogP contribution in [0.2, 0.25) is 0 Å². The third-order valence-electron chi connectivity index (χ3n) is 3.45. The Bertz CT molecular complexity index is 402. The van der Waals surface area contributed by atoms with E-state index in [2.05, 4.69) is 23.9 Å². The largest absolute Gasteiger partial charge is 0.492 e. The molecule has 106 valence electrons. The standard InChI is InChI=1S/C14H23N3OS/c1-3-5-18-12-7-11(8-16-9-12)14(15)13-10-19-6-4-17(13)2/h7-9,13-14H,3-6,10,15H2,1-2H3. The van der Waals surface area contributed by atoms with E-state index in [0.29, 0.717) is 6.04 Å². The summed E-state index contributed by atoms with van der Waals surface area (Å²) in [5, 5.41) is 0. The molecule has 2 heterocycles. The van der Waals surface area contributed by atoms with Crippen LogP contribution in [0, 0.1) is 0 Å². The van der Waals surface area contributed by atoms with E-state index in [9.17, 15) is 0 Å². The number of hydrogen-bond acceptors (Lipinski definition) is 5. The third kappa shape index (κ3) is 3.84. The smallest absolute Gasteiger partial charge is 0.137 e. The molecule has 0 amide bonds. The van der Waals surface area contributed by atoms with Gasteiger partial charge in [0.15, 0.2) is 0 Å². The normalized spacial score (nSPS) is 22.2. The van der Waals surface area contributed by atoms with E-state index in [1.165, 1.54) is 5.75 Å². The molecule has 1 aliphatic heterocycles. The molecule has 2 N–H and O–H groups in total. The zero-order chi connectivity index (χ0) is 13.7. The highest BCUT2D eigenvalue weighted by molar-refractivity contribution is 7.99. The van der Waals surface area contributed by atoms with Crippen molar-refractivity contribution in [2.75, 3.05) is 31.7 Å². The monoisotopic (exact) mass is 281 g/mol. The molecule has 0 aliphatic carbocycles. The van der Waals surface area contributed by atoms with Crippen LogP contribution in [0.4, 0.5) is 0 Å². The fourth-order valence-electron chi connectivity index (χ4n) is 2.22. The molecule has 5 heteroatoms. The van der Waals surface area contributed by atoms with Crippen LogP contribution in [-0.4, -0.2) is 47.6 Å². The molecule has 0 aromatic carbocycles. The van der Waals surface area contributed by atoms with Gasteiger partial charge in [0.05, 0.1) is 12.8 Å². The van der Waals surface area contributed by atoms with Gasteiger partial charge in [-0.3, -0.25) is 9.88 Å². The first-order valence-electron chi connectivity index (χ1n) is 6.83. The lowest BCUT2D eigenvalue weighted by molar-refractivity contribution is 0.237. The average Bonchev–Trinajstić information content (AvgIpc) is 2.45. The van der Waals surface area contributed by atoms with Gasteiger partial charge < -0.3 is 10.5 Å². The number of thioether (sulfide) groups is 1. The van der Waals surface area contributed by atoms with Crippen LogP contribution in [-0.2, 0) is 0 Å². The van der Waals surface area contributed by atoms with Crippen molar-refractivity contribution in [3.63, 3.8) is 0 Å². The van der Waals surface area contributed by atoms with Crippen molar-refractivity contribution >= 4 is 11.8 Å². The van der Waals surface area contributed by atoms with Gasteiger partial charge in [0, 0.05) is 36.3 Å². The number of likely N-dealkylation sites (N-methyl/N-ethyl adjacent to an activating group) is 1. The SMILES string of the molecule is CCCOc1cncc(C(N)C2CSCCN2C)c1. The zero-order valence-electron chi connectivity index (χ0n) is 11.7. The van der Waals surface area contributed by atoms with E-state index >= 15 is 0 Å². The minimum atomic E-state index is -0.00419. The first-order chi connectivity index (χ1) is 9.22. The quantitative estimate of drug-likeness (QED) is 0.893. The van der Waals surface area contributed by atoms with Gasteiger partial charge in [0.2, 0.25) is 0 Å². The maximum absolute atomic E-state index is 6.41. The number of ether oxygens (including phenoxy) is 1.